The van der Waals surface area contributed by atoms with E-state index in [-0.39, 0.29) is 0 Å². The third-order valence-corrected chi connectivity index (χ3v) is 3.54. The fourth-order valence-corrected chi connectivity index (χ4v) is 2.72. The molecule has 0 aliphatic rings. The third kappa shape index (κ3) is 1.94. The Kier molecular flexibility index (Phi) is 2.82. The molecular weight excluding hydrogens is 223 g/mol. The molecule has 1 atom stereocenters. The molecule has 0 saturated carbocycles. The van der Waals surface area contributed by atoms with Gasteiger partial charge in [-0.2, -0.15) is 0 Å². The van der Waals surface area contributed by atoms with Crippen LogP contribution in [0, 0.1) is 0 Å². The summed E-state index contributed by atoms with van der Waals surface area (Å²) in [5.41, 5.74) is 1.45. The van der Waals surface area contributed by atoms with Crippen LogP contribution in [-0.2, 0) is 6.42 Å². The van der Waals surface area contributed by atoms with Crippen LogP contribution < -0.4 is 0 Å². The van der Waals surface area contributed by atoms with Crippen molar-refractivity contribution in [2.24, 2.45) is 0 Å². The van der Waals surface area contributed by atoms with Crippen molar-refractivity contribution in [1.82, 2.24) is 0 Å². The lowest BCUT2D eigenvalue weighted by atomic mass is 9.99. The Morgan fingerprint density at radius 1 is 0.765 bits per heavy atom. The number of fused-ring (bicyclic) bond motifs is 2. The molecule has 0 amide bonds. The van der Waals surface area contributed by atoms with E-state index < -0.39 is 0 Å². The van der Waals surface area contributed by atoms with Gasteiger partial charge in [-0.25, -0.2) is 0 Å². The molecule has 0 heterocycles. The molecule has 3 aromatic carbocycles. The first kappa shape index (κ1) is 10.7. The monoisotopic (exact) mass is 238 g/mol. The predicted molar refractivity (Wildman–Crippen MR) is 79.7 cm³/mol. The molecule has 1 heteroatoms. The number of hydrogen-bond donors (Lipinski definition) is 0. The number of benzene rings is 3. The van der Waals surface area contributed by atoms with E-state index in [2.05, 4.69) is 63.8 Å². The highest BCUT2D eigenvalue weighted by atomic mass is 31.0. The highest BCUT2D eigenvalue weighted by molar-refractivity contribution is 7.16. The van der Waals surface area contributed by atoms with Crippen LogP contribution in [0.5, 0.6) is 0 Å². The molecule has 0 aliphatic carbocycles. The van der Waals surface area contributed by atoms with E-state index in [0.717, 1.165) is 12.6 Å². The third-order valence-electron chi connectivity index (χ3n) is 3.25. The minimum Gasteiger partial charge on any atom is -0.137 e. The van der Waals surface area contributed by atoms with Crippen molar-refractivity contribution >= 4 is 30.8 Å². The predicted octanol–water partition coefficient (Wildman–Crippen LogP) is 4.41. The zero-order chi connectivity index (χ0) is 11.7. The van der Waals surface area contributed by atoms with Crippen molar-refractivity contribution in [3.63, 3.8) is 0 Å². The Hall–Kier alpha value is -1.39. The van der Waals surface area contributed by atoms with Gasteiger partial charge in [-0.05, 0) is 51.8 Å². The van der Waals surface area contributed by atoms with Crippen LogP contribution in [0.1, 0.15) is 5.56 Å². The fourth-order valence-electron chi connectivity index (χ4n) is 2.41. The summed E-state index contributed by atoms with van der Waals surface area (Å²) in [7, 11) is 2.81. The lowest BCUT2D eigenvalue weighted by Gasteiger charge is -2.07. The molecule has 0 bridgehead atoms. The molecule has 0 aromatic heterocycles. The summed E-state index contributed by atoms with van der Waals surface area (Å²) in [5.74, 6) is 0. The topological polar surface area (TPSA) is 0 Å². The lowest BCUT2D eigenvalue weighted by Crippen LogP contribution is -1.88. The highest BCUT2D eigenvalue weighted by Gasteiger charge is 2.01. The summed E-state index contributed by atoms with van der Waals surface area (Å²) in [4.78, 5) is 0. The molecule has 3 rings (SSSR count). The molecule has 17 heavy (non-hydrogen) atoms. The summed E-state index contributed by atoms with van der Waals surface area (Å²) < 4.78 is 0. The van der Waals surface area contributed by atoms with Crippen molar-refractivity contribution in [2.45, 2.75) is 6.42 Å². The molecule has 0 N–H and O–H groups in total. The van der Waals surface area contributed by atoms with E-state index in [9.17, 15) is 0 Å². The van der Waals surface area contributed by atoms with Crippen LogP contribution >= 0.6 is 9.24 Å². The largest absolute Gasteiger partial charge is 0.137 e. The Bertz CT molecular complexity index is 670. The Morgan fingerprint density at radius 2 is 1.47 bits per heavy atom. The maximum Gasteiger partial charge on any atom is -0.0145 e. The Balaban J connectivity index is 2.35. The van der Waals surface area contributed by atoms with Crippen molar-refractivity contribution in [3.05, 3.63) is 60.2 Å². The average Bonchev–Trinajstić information content (AvgIpc) is 2.37. The first-order valence-electron chi connectivity index (χ1n) is 5.99. The first-order chi connectivity index (χ1) is 8.38. The minimum absolute atomic E-state index is 1.12. The molecule has 0 radical (unpaired) electrons. The zero-order valence-corrected chi connectivity index (χ0v) is 10.8. The van der Waals surface area contributed by atoms with Gasteiger partial charge in [0.1, 0.15) is 0 Å². The van der Waals surface area contributed by atoms with Gasteiger partial charge in [-0.3, -0.25) is 0 Å². The molecule has 0 aliphatic heterocycles. The van der Waals surface area contributed by atoms with E-state index >= 15 is 0 Å². The van der Waals surface area contributed by atoms with Crippen LogP contribution in [0.4, 0.5) is 0 Å². The normalized spacial score (nSPS) is 11.1. The van der Waals surface area contributed by atoms with Crippen LogP contribution in [0.3, 0.4) is 0 Å². The maximum atomic E-state index is 2.81. The molecule has 0 saturated heterocycles. The molecule has 1 unspecified atom stereocenters. The second-order valence-corrected chi connectivity index (χ2v) is 4.95. The van der Waals surface area contributed by atoms with Crippen LogP contribution in [0.25, 0.3) is 21.5 Å². The van der Waals surface area contributed by atoms with E-state index in [1.54, 1.807) is 0 Å². The maximum absolute atomic E-state index is 2.81. The van der Waals surface area contributed by atoms with Crippen molar-refractivity contribution < 1.29 is 0 Å². The highest BCUT2D eigenvalue weighted by Crippen LogP contribution is 2.25. The van der Waals surface area contributed by atoms with E-state index in [0.29, 0.717) is 0 Å². The summed E-state index contributed by atoms with van der Waals surface area (Å²) >= 11 is 0. The summed E-state index contributed by atoms with van der Waals surface area (Å²) in [5, 5.41) is 5.40. The minimum atomic E-state index is 1.12. The van der Waals surface area contributed by atoms with Gasteiger partial charge in [-0.1, -0.05) is 42.5 Å². The van der Waals surface area contributed by atoms with Gasteiger partial charge in [0, 0.05) is 0 Å². The molecule has 0 fully saturated rings. The SMILES string of the molecule is PCCc1cccc2cc3ccccc3cc12. The van der Waals surface area contributed by atoms with E-state index in [1.807, 2.05) is 0 Å². The average molecular weight is 238 g/mol. The van der Waals surface area contributed by atoms with Gasteiger partial charge in [0.15, 0.2) is 0 Å². The van der Waals surface area contributed by atoms with Gasteiger partial charge in [0.05, 0.1) is 0 Å². The van der Waals surface area contributed by atoms with Crippen molar-refractivity contribution in [2.75, 3.05) is 6.16 Å². The van der Waals surface area contributed by atoms with E-state index in [1.165, 1.54) is 27.1 Å². The molecule has 0 nitrogen and oxygen atoms in total. The van der Waals surface area contributed by atoms with Gasteiger partial charge in [0.25, 0.3) is 0 Å². The lowest BCUT2D eigenvalue weighted by molar-refractivity contribution is 1.18. The van der Waals surface area contributed by atoms with Crippen molar-refractivity contribution in [1.29, 1.82) is 0 Å². The first-order valence-corrected chi connectivity index (χ1v) is 6.80. The van der Waals surface area contributed by atoms with Crippen LogP contribution in [0.15, 0.2) is 54.6 Å². The number of aryl methyl sites for hydroxylation is 1. The number of hydrogen-bond acceptors (Lipinski definition) is 0. The second kappa shape index (κ2) is 4.47. The zero-order valence-electron chi connectivity index (χ0n) is 9.69. The number of rotatable bonds is 2. The molecule has 0 spiro atoms. The molecule has 84 valence electrons. The smallest absolute Gasteiger partial charge is 0.0145 e. The van der Waals surface area contributed by atoms with Gasteiger partial charge in [-0.15, -0.1) is 9.24 Å². The van der Waals surface area contributed by atoms with Crippen LogP contribution in [0.2, 0.25) is 0 Å². The molecule has 3 aromatic rings. The fraction of sp³-hybridized carbons (Fsp3) is 0.125. The van der Waals surface area contributed by atoms with E-state index in [4.69, 9.17) is 0 Å². The van der Waals surface area contributed by atoms with Gasteiger partial charge < -0.3 is 0 Å². The Morgan fingerprint density at radius 3 is 2.24 bits per heavy atom. The van der Waals surface area contributed by atoms with Gasteiger partial charge in [0.2, 0.25) is 0 Å². The quantitative estimate of drug-likeness (QED) is 0.458. The summed E-state index contributed by atoms with van der Waals surface area (Å²) in [6.07, 6.45) is 2.24. The standard InChI is InChI=1S/C16H15P/c17-9-8-12-6-3-7-15-10-13-4-1-2-5-14(13)11-16(12)15/h1-7,10-11H,8-9,17H2. The van der Waals surface area contributed by atoms with Gasteiger partial charge >= 0.3 is 0 Å². The molecular formula is C16H15P. The summed E-state index contributed by atoms with van der Waals surface area (Å²) in [6, 6.07) is 19.8. The van der Waals surface area contributed by atoms with Crippen molar-refractivity contribution in [3.8, 4) is 0 Å². The van der Waals surface area contributed by atoms with Crippen LogP contribution in [-0.4, -0.2) is 6.16 Å². The second-order valence-electron chi connectivity index (χ2n) is 4.38. The Labute approximate surface area is 104 Å². The summed E-state index contributed by atoms with van der Waals surface area (Å²) in [6.45, 7) is 0.